The van der Waals surface area contributed by atoms with Crippen molar-refractivity contribution in [2.24, 2.45) is 4.99 Å². The van der Waals surface area contributed by atoms with Gasteiger partial charge in [-0.25, -0.2) is 0 Å². The van der Waals surface area contributed by atoms with E-state index in [1.807, 2.05) is 30.3 Å². The van der Waals surface area contributed by atoms with Gasteiger partial charge < -0.3 is 10.4 Å². The molecule has 6 nitrogen and oxygen atoms in total. The minimum Gasteiger partial charge on any atom is -0.507 e. The Balaban J connectivity index is 1.67. The molecule has 0 aliphatic heterocycles. The summed E-state index contributed by atoms with van der Waals surface area (Å²) in [5.41, 5.74) is 1.18. The first-order valence-corrected chi connectivity index (χ1v) is 7.84. The monoisotopic (exact) mass is 335 g/mol. The summed E-state index contributed by atoms with van der Waals surface area (Å²) in [5, 5.41) is 26.0. The third-order valence-electron chi connectivity index (χ3n) is 3.83. The van der Waals surface area contributed by atoms with E-state index in [2.05, 4.69) is 10.3 Å². The number of benzene rings is 3. The smallest absolute Gasteiger partial charge is 0.292 e. The normalized spacial score (nSPS) is 11.0. The van der Waals surface area contributed by atoms with Crippen LogP contribution in [-0.2, 0) is 0 Å². The molecule has 0 saturated heterocycles. The summed E-state index contributed by atoms with van der Waals surface area (Å²) in [5.74, 6) is 0.175. The second-order valence-electron chi connectivity index (χ2n) is 5.46. The summed E-state index contributed by atoms with van der Waals surface area (Å²) < 4.78 is 0. The van der Waals surface area contributed by atoms with Crippen molar-refractivity contribution in [3.63, 3.8) is 0 Å². The van der Waals surface area contributed by atoms with Crippen LogP contribution in [0.5, 0.6) is 5.75 Å². The number of aliphatic imine (C=N–C) groups is 1. The lowest BCUT2D eigenvalue weighted by atomic mass is 10.0. The molecule has 0 fully saturated rings. The summed E-state index contributed by atoms with van der Waals surface area (Å²) in [4.78, 5) is 14.9. The molecule has 0 aliphatic carbocycles. The summed E-state index contributed by atoms with van der Waals surface area (Å²) in [7, 11) is 0. The lowest BCUT2D eigenvalue weighted by Gasteiger charge is -2.06. The van der Waals surface area contributed by atoms with E-state index >= 15 is 0 Å². The van der Waals surface area contributed by atoms with Crippen LogP contribution in [0, 0.1) is 10.1 Å². The van der Waals surface area contributed by atoms with Crippen LogP contribution < -0.4 is 5.32 Å². The van der Waals surface area contributed by atoms with E-state index < -0.39 is 4.92 Å². The fourth-order valence-electron chi connectivity index (χ4n) is 2.61. The highest BCUT2D eigenvalue weighted by molar-refractivity contribution is 6.02. The lowest BCUT2D eigenvalue weighted by molar-refractivity contribution is -0.384. The fourth-order valence-corrected chi connectivity index (χ4v) is 2.61. The average Bonchev–Trinajstić information content (AvgIpc) is 2.63. The van der Waals surface area contributed by atoms with Gasteiger partial charge in [-0.1, -0.05) is 42.5 Å². The van der Waals surface area contributed by atoms with Crippen molar-refractivity contribution < 1.29 is 10.0 Å². The van der Waals surface area contributed by atoms with Gasteiger partial charge in [-0.05, 0) is 22.9 Å². The van der Waals surface area contributed by atoms with Crippen LogP contribution in [0.25, 0.3) is 10.8 Å². The number of rotatable bonds is 6. The zero-order valence-electron chi connectivity index (χ0n) is 13.4. The number of para-hydroxylation sites is 2. The van der Waals surface area contributed by atoms with Gasteiger partial charge in [0.1, 0.15) is 11.4 Å². The Bertz CT molecular complexity index is 938. The van der Waals surface area contributed by atoms with Gasteiger partial charge in [-0.15, -0.1) is 0 Å². The summed E-state index contributed by atoms with van der Waals surface area (Å²) >= 11 is 0. The third kappa shape index (κ3) is 3.74. The number of nitro benzene ring substituents is 1. The number of nitrogens with zero attached hydrogens (tertiary/aromatic N) is 2. The molecule has 0 spiro atoms. The zero-order valence-corrected chi connectivity index (χ0v) is 13.4. The average molecular weight is 335 g/mol. The minimum atomic E-state index is -0.417. The molecule has 3 aromatic carbocycles. The van der Waals surface area contributed by atoms with Crippen molar-refractivity contribution in [1.82, 2.24) is 0 Å². The zero-order chi connectivity index (χ0) is 17.6. The number of nitrogens with one attached hydrogen (secondary N) is 1. The van der Waals surface area contributed by atoms with Gasteiger partial charge in [-0.3, -0.25) is 15.1 Å². The lowest BCUT2D eigenvalue weighted by Crippen LogP contribution is -2.07. The molecular formula is C19H17N3O3. The molecule has 2 N–H and O–H groups in total. The first-order chi connectivity index (χ1) is 12.2. The molecule has 6 heteroatoms. The van der Waals surface area contributed by atoms with E-state index in [4.69, 9.17) is 0 Å². The molecule has 0 heterocycles. The quantitative estimate of drug-likeness (QED) is 0.309. The number of phenols is 1. The molecule has 0 aromatic heterocycles. The van der Waals surface area contributed by atoms with Crippen LogP contribution in [0.15, 0.2) is 65.7 Å². The molecule has 0 amide bonds. The van der Waals surface area contributed by atoms with Gasteiger partial charge in [0.05, 0.1) is 11.5 Å². The second-order valence-corrected chi connectivity index (χ2v) is 5.46. The highest BCUT2D eigenvalue weighted by atomic mass is 16.6. The molecule has 0 bridgehead atoms. The van der Waals surface area contributed by atoms with Gasteiger partial charge in [0.25, 0.3) is 5.69 Å². The summed E-state index contributed by atoms with van der Waals surface area (Å²) in [6, 6.07) is 17.8. The van der Waals surface area contributed by atoms with Crippen LogP contribution in [0.4, 0.5) is 11.4 Å². The Labute approximate surface area is 144 Å². The Morgan fingerprint density at radius 3 is 2.68 bits per heavy atom. The Hall–Kier alpha value is -3.41. The van der Waals surface area contributed by atoms with Crippen LogP contribution >= 0.6 is 0 Å². The standard InChI is InChI=1S/C19H17N3O3/c23-19-10-9-14-5-1-2-6-15(14)16(19)13-20-11-12-21-17-7-3-4-8-18(17)22(24)25/h1-10,13,21,23H,11-12H2. The SMILES string of the molecule is O=[N+]([O-])c1ccccc1NCCN=Cc1c(O)ccc2ccccc12. The molecule has 0 saturated carbocycles. The van der Waals surface area contributed by atoms with Crippen molar-refractivity contribution in [3.05, 3.63) is 76.3 Å². The van der Waals surface area contributed by atoms with Crippen LogP contribution in [0.2, 0.25) is 0 Å². The first kappa shape index (κ1) is 16.4. The largest absolute Gasteiger partial charge is 0.507 e. The van der Waals surface area contributed by atoms with Gasteiger partial charge >= 0.3 is 0 Å². The topological polar surface area (TPSA) is 87.8 Å². The predicted molar refractivity (Wildman–Crippen MR) is 99.7 cm³/mol. The van der Waals surface area contributed by atoms with E-state index in [-0.39, 0.29) is 11.4 Å². The molecule has 0 unspecified atom stereocenters. The highest BCUT2D eigenvalue weighted by Crippen LogP contribution is 2.25. The van der Waals surface area contributed by atoms with E-state index in [1.54, 1.807) is 30.5 Å². The number of hydrogen-bond acceptors (Lipinski definition) is 5. The molecule has 0 radical (unpaired) electrons. The minimum absolute atomic E-state index is 0.0400. The molecule has 0 atom stereocenters. The van der Waals surface area contributed by atoms with Gasteiger partial charge in [0.15, 0.2) is 0 Å². The number of aromatic hydroxyl groups is 1. The summed E-state index contributed by atoms with van der Waals surface area (Å²) in [6.07, 6.45) is 1.64. The number of anilines is 1. The first-order valence-electron chi connectivity index (χ1n) is 7.84. The van der Waals surface area contributed by atoms with Crippen molar-refractivity contribution in [2.75, 3.05) is 18.4 Å². The Morgan fingerprint density at radius 2 is 1.84 bits per heavy atom. The molecule has 0 aliphatic rings. The maximum absolute atomic E-state index is 11.0. The number of fused-ring (bicyclic) bond motifs is 1. The second kappa shape index (κ2) is 7.44. The van der Waals surface area contributed by atoms with Crippen molar-refractivity contribution in [3.8, 4) is 5.75 Å². The molecule has 25 heavy (non-hydrogen) atoms. The molecule has 3 rings (SSSR count). The van der Waals surface area contributed by atoms with Gasteiger partial charge in [0.2, 0.25) is 0 Å². The van der Waals surface area contributed by atoms with E-state index in [0.29, 0.717) is 24.3 Å². The third-order valence-corrected chi connectivity index (χ3v) is 3.83. The van der Waals surface area contributed by atoms with Crippen LogP contribution in [-0.4, -0.2) is 29.3 Å². The van der Waals surface area contributed by atoms with Gasteiger partial charge in [-0.2, -0.15) is 0 Å². The van der Waals surface area contributed by atoms with Crippen molar-refractivity contribution in [1.29, 1.82) is 0 Å². The van der Waals surface area contributed by atoms with Crippen LogP contribution in [0.3, 0.4) is 0 Å². The maximum Gasteiger partial charge on any atom is 0.292 e. The number of phenolic OH excluding ortho intramolecular Hbond substituents is 1. The Kier molecular flexibility index (Phi) is 4.89. The predicted octanol–water partition coefficient (Wildman–Crippen LogP) is 3.98. The molecule has 126 valence electrons. The van der Waals surface area contributed by atoms with Crippen molar-refractivity contribution in [2.45, 2.75) is 0 Å². The maximum atomic E-state index is 11.0. The van der Waals surface area contributed by atoms with E-state index in [1.165, 1.54) is 6.07 Å². The fraction of sp³-hybridized carbons (Fsp3) is 0.105. The number of nitro groups is 1. The van der Waals surface area contributed by atoms with Crippen molar-refractivity contribution >= 4 is 28.4 Å². The highest BCUT2D eigenvalue weighted by Gasteiger charge is 2.11. The number of hydrogen-bond donors (Lipinski definition) is 2. The van der Waals surface area contributed by atoms with E-state index in [0.717, 1.165) is 10.8 Å². The molecule has 3 aromatic rings. The van der Waals surface area contributed by atoms with Gasteiger partial charge in [0, 0.05) is 24.4 Å². The Morgan fingerprint density at radius 1 is 1.08 bits per heavy atom. The van der Waals surface area contributed by atoms with Crippen LogP contribution in [0.1, 0.15) is 5.56 Å². The van der Waals surface area contributed by atoms with E-state index in [9.17, 15) is 15.2 Å². The summed E-state index contributed by atoms with van der Waals surface area (Å²) in [6.45, 7) is 0.877. The molecular weight excluding hydrogens is 318 g/mol.